The summed E-state index contributed by atoms with van der Waals surface area (Å²) in [6.45, 7) is 4.80. The monoisotopic (exact) mass is 385 g/mol. The van der Waals surface area contributed by atoms with Gasteiger partial charge in [0.1, 0.15) is 19.3 Å². The van der Waals surface area contributed by atoms with Gasteiger partial charge in [-0.25, -0.2) is 4.79 Å². The van der Waals surface area contributed by atoms with Crippen LogP contribution in [0.25, 0.3) is 0 Å². The average Bonchev–Trinajstić information content (AvgIpc) is 2.46. The number of carboxylic acids is 1. The normalized spacial score (nSPS) is 14.4. The molecule has 1 aliphatic rings. The summed E-state index contributed by atoms with van der Waals surface area (Å²) < 4.78 is 11.7. The first-order valence-corrected chi connectivity index (χ1v) is 8.26. The Morgan fingerprint density at radius 3 is 2.43 bits per heavy atom. The third-order valence-corrected chi connectivity index (χ3v) is 4.14. The molecule has 23 heavy (non-hydrogen) atoms. The highest BCUT2D eigenvalue weighted by molar-refractivity contribution is 9.10. The lowest BCUT2D eigenvalue weighted by Crippen LogP contribution is -2.42. The fourth-order valence-corrected chi connectivity index (χ4v) is 2.82. The minimum atomic E-state index is -1.02. The maximum Gasteiger partial charge on any atom is 0.326 e. The van der Waals surface area contributed by atoms with Crippen LogP contribution >= 0.6 is 15.9 Å². The molecular formula is C16H20BrNO5. The summed E-state index contributed by atoms with van der Waals surface area (Å²) >= 11 is 3.41. The van der Waals surface area contributed by atoms with Gasteiger partial charge in [-0.1, -0.05) is 29.8 Å². The first-order chi connectivity index (χ1) is 10.9. The summed E-state index contributed by atoms with van der Waals surface area (Å²) in [6.07, 6.45) is 0.461. The van der Waals surface area contributed by atoms with E-state index in [9.17, 15) is 14.7 Å². The van der Waals surface area contributed by atoms with Crippen LogP contribution in [0.3, 0.4) is 0 Å². The predicted molar refractivity (Wildman–Crippen MR) is 87.9 cm³/mol. The van der Waals surface area contributed by atoms with Gasteiger partial charge in [-0.05, 0) is 30.0 Å². The number of rotatable bonds is 6. The van der Waals surface area contributed by atoms with Crippen molar-refractivity contribution in [3.05, 3.63) is 22.2 Å². The molecule has 0 aromatic heterocycles. The maximum atomic E-state index is 12.2. The second kappa shape index (κ2) is 7.68. The average molecular weight is 386 g/mol. The number of amides is 1. The Kier molecular flexibility index (Phi) is 5.87. The van der Waals surface area contributed by atoms with E-state index in [4.69, 9.17) is 9.47 Å². The van der Waals surface area contributed by atoms with Crippen LogP contribution in [-0.2, 0) is 16.0 Å². The van der Waals surface area contributed by atoms with E-state index in [2.05, 4.69) is 21.2 Å². The summed E-state index contributed by atoms with van der Waals surface area (Å²) in [5, 5.41) is 11.8. The summed E-state index contributed by atoms with van der Waals surface area (Å²) in [7, 11) is 0. The molecule has 1 aliphatic heterocycles. The molecule has 0 fully saturated rings. The lowest BCUT2D eigenvalue weighted by molar-refractivity contribution is -0.142. The Labute approximate surface area is 143 Å². The highest BCUT2D eigenvalue weighted by atomic mass is 79.9. The van der Waals surface area contributed by atoms with Gasteiger partial charge in [0, 0.05) is 4.47 Å². The number of fused-ring (bicyclic) bond motifs is 1. The number of carboxylic acid groups (broad SMARTS) is 1. The van der Waals surface area contributed by atoms with E-state index in [1.165, 1.54) is 0 Å². The van der Waals surface area contributed by atoms with E-state index in [0.717, 1.165) is 10.0 Å². The standard InChI is InChI=1S/C16H20BrNO5/c1-9(2)5-12(16(20)21)18-15(19)7-10-6-13-14(8-11(10)17)23-4-3-22-13/h6,8-9,12H,3-5,7H2,1-2H3,(H,18,19)(H,20,21)/t12-/m0/s1. The number of aliphatic carboxylic acids is 1. The van der Waals surface area contributed by atoms with Crippen LogP contribution in [0.2, 0.25) is 0 Å². The van der Waals surface area contributed by atoms with E-state index >= 15 is 0 Å². The molecule has 0 spiro atoms. The third kappa shape index (κ3) is 4.86. The van der Waals surface area contributed by atoms with Gasteiger partial charge in [0.25, 0.3) is 0 Å². The van der Waals surface area contributed by atoms with Crippen LogP contribution in [0.15, 0.2) is 16.6 Å². The molecule has 0 saturated carbocycles. The number of carbonyl (C=O) groups excluding carboxylic acids is 1. The minimum Gasteiger partial charge on any atom is -0.486 e. The van der Waals surface area contributed by atoms with Crippen molar-refractivity contribution >= 4 is 27.8 Å². The molecule has 1 aromatic rings. The largest absolute Gasteiger partial charge is 0.486 e. The molecule has 0 radical (unpaired) electrons. The number of hydrogen-bond donors (Lipinski definition) is 2. The number of ether oxygens (including phenoxy) is 2. The molecule has 0 aliphatic carbocycles. The van der Waals surface area contributed by atoms with Crippen molar-refractivity contribution < 1.29 is 24.2 Å². The minimum absolute atomic E-state index is 0.0686. The van der Waals surface area contributed by atoms with E-state index in [1.807, 2.05) is 13.8 Å². The lowest BCUT2D eigenvalue weighted by atomic mass is 10.0. The summed E-state index contributed by atoms with van der Waals surface area (Å²) in [5.41, 5.74) is 0.723. The highest BCUT2D eigenvalue weighted by Gasteiger charge is 2.22. The molecule has 0 saturated heterocycles. The molecule has 7 heteroatoms. The van der Waals surface area contributed by atoms with Crippen molar-refractivity contribution in [3.63, 3.8) is 0 Å². The zero-order valence-corrected chi connectivity index (χ0v) is 14.7. The molecule has 1 atom stereocenters. The lowest BCUT2D eigenvalue weighted by Gasteiger charge is -2.20. The topological polar surface area (TPSA) is 84.9 Å². The van der Waals surface area contributed by atoms with Crippen molar-refractivity contribution in [3.8, 4) is 11.5 Å². The third-order valence-electron chi connectivity index (χ3n) is 3.40. The van der Waals surface area contributed by atoms with Gasteiger partial charge < -0.3 is 19.9 Å². The van der Waals surface area contributed by atoms with E-state index in [1.54, 1.807) is 12.1 Å². The van der Waals surface area contributed by atoms with Gasteiger partial charge in [0.2, 0.25) is 5.91 Å². The predicted octanol–water partition coefficient (Wildman–Crippen LogP) is 2.38. The molecule has 0 bridgehead atoms. The molecule has 126 valence electrons. The van der Waals surface area contributed by atoms with Crippen molar-refractivity contribution in [2.75, 3.05) is 13.2 Å². The Balaban J connectivity index is 2.06. The van der Waals surface area contributed by atoms with Gasteiger partial charge in [-0.15, -0.1) is 0 Å². The fourth-order valence-electron chi connectivity index (χ4n) is 2.35. The number of carbonyl (C=O) groups is 2. The Bertz CT molecular complexity index is 602. The number of hydrogen-bond acceptors (Lipinski definition) is 4. The Hall–Kier alpha value is -1.76. The molecular weight excluding hydrogens is 366 g/mol. The Morgan fingerprint density at radius 1 is 1.26 bits per heavy atom. The molecule has 2 N–H and O–H groups in total. The van der Waals surface area contributed by atoms with Gasteiger partial charge in [0.05, 0.1) is 6.42 Å². The number of halogens is 1. The fraction of sp³-hybridized carbons (Fsp3) is 0.500. The molecule has 0 unspecified atom stereocenters. The van der Waals surface area contributed by atoms with Crippen molar-refractivity contribution in [2.24, 2.45) is 5.92 Å². The zero-order valence-electron chi connectivity index (χ0n) is 13.1. The van der Waals surface area contributed by atoms with Crippen molar-refractivity contribution in [2.45, 2.75) is 32.7 Å². The first-order valence-electron chi connectivity index (χ1n) is 7.47. The van der Waals surface area contributed by atoms with Crippen LogP contribution in [0, 0.1) is 5.92 Å². The van der Waals surface area contributed by atoms with Crippen molar-refractivity contribution in [1.29, 1.82) is 0 Å². The summed E-state index contributed by atoms with van der Waals surface area (Å²) in [4.78, 5) is 23.4. The quantitative estimate of drug-likeness (QED) is 0.784. The number of nitrogens with one attached hydrogen (secondary N) is 1. The van der Waals surface area contributed by atoms with Crippen LogP contribution < -0.4 is 14.8 Å². The smallest absolute Gasteiger partial charge is 0.326 e. The van der Waals surface area contributed by atoms with Crippen LogP contribution in [0.1, 0.15) is 25.8 Å². The second-order valence-corrected chi connectivity index (χ2v) is 6.71. The Morgan fingerprint density at radius 2 is 1.87 bits per heavy atom. The van der Waals surface area contributed by atoms with Crippen LogP contribution in [-0.4, -0.2) is 36.2 Å². The molecule has 6 nitrogen and oxygen atoms in total. The highest BCUT2D eigenvalue weighted by Crippen LogP contribution is 2.35. The van der Waals surface area contributed by atoms with Crippen LogP contribution in [0.4, 0.5) is 0 Å². The number of benzene rings is 1. The molecule has 1 heterocycles. The van der Waals surface area contributed by atoms with Crippen molar-refractivity contribution in [1.82, 2.24) is 5.32 Å². The van der Waals surface area contributed by atoms with Crippen LogP contribution in [0.5, 0.6) is 11.5 Å². The van der Waals surface area contributed by atoms with Gasteiger partial charge >= 0.3 is 5.97 Å². The molecule has 1 aromatic carbocycles. The maximum absolute atomic E-state index is 12.2. The second-order valence-electron chi connectivity index (χ2n) is 5.85. The zero-order chi connectivity index (χ0) is 17.0. The molecule has 2 rings (SSSR count). The first kappa shape index (κ1) is 17.6. The van der Waals surface area contributed by atoms with Gasteiger partial charge in [0.15, 0.2) is 11.5 Å². The summed E-state index contributed by atoms with van der Waals surface area (Å²) in [6, 6.07) is 2.63. The van der Waals surface area contributed by atoms with E-state index < -0.39 is 12.0 Å². The van der Waals surface area contributed by atoms with E-state index in [0.29, 0.717) is 31.1 Å². The molecule has 1 amide bonds. The van der Waals surface area contributed by atoms with Gasteiger partial charge in [-0.3, -0.25) is 4.79 Å². The van der Waals surface area contributed by atoms with Gasteiger partial charge in [-0.2, -0.15) is 0 Å². The SMILES string of the molecule is CC(C)C[C@H](NC(=O)Cc1cc2c(cc1Br)OCCO2)C(=O)O. The summed E-state index contributed by atoms with van der Waals surface area (Å²) in [5.74, 6) is 0.0517. The van der Waals surface area contributed by atoms with E-state index in [-0.39, 0.29) is 18.2 Å².